The van der Waals surface area contributed by atoms with Crippen LogP contribution in [0.15, 0.2) is 10.8 Å². The van der Waals surface area contributed by atoms with E-state index in [4.69, 9.17) is 4.42 Å². The Labute approximate surface area is 69.2 Å². The Balaban J connectivity index is 2.33. The summed E-state index contributed by atoms with van der Waals surface area (Å²) in [5.74, 6) is 0.638. The summed E-state index contributed by atoms with van der Waals surface area (Å²) in [5, 5.41) is 4.37. The van der Waals surface area contributed by atoms with Crippen LogP contribution in [0.25, 0.3) is 11.2 Å². The van der Waals surface area contributed by atoms with E-state index in [0.29, 0.717) is 5.92 Å². The molecule has 0 amide bonds. The molecule has 0 atom stereocenters. The largest absolute Gasteiger partial charge is 0.425 e. The molecule has 0 aromatic carbocycles. The molecule has 0 saturated heterocycles. The molecule has 2 aromatic rings. The molecule has 1 aliphatic rings. The first kappa shape index (κ1) is 6.22. The number of oxazole rings is 1. The van der Waals surface area contributed by atoms with Crippen LogP contribution in [0.3, 0.4) is 0 Å². The Morgan fingerprint density at radius 1 is 1.58 bits per heavy atom. The van der Waals surface area contributed by atoms with Crippen molar-refractivity contribution in [3.8, 4) is 0 Å². The molecule has 2 aromatic heterocycles. The monoisotopic (exact) mass is 163 g/mol. The summed E-state index contributed by atoms with van der Waals surface area (Å²) in [6, 6.07) is 0. The van der Waals surface area contributed by atoms with Crippen LogP contribution in [0.2, 0.25) is 0 Å². The highest BCUT2D eigenvalue weighted by molar-refractivity contribution is 5.72. The van der Waals surface area contributed by atoms with Crippen molar-refractivity contribution < 1.29 is 4.42 Å². The average molecular weight is 163 g/mol. The Bertz CT molecular complexity index is 424. The summed E-state index contributed by atoms with van der Waals surface area (Å²) in [7, 11) is 1.89. The zero-order valence-electron chi connectivity index (χ0n) is 6.82. The van der Waals surface area contributed by atoms with Crippen LogP contribution in [0.5, 0.6) is 0 Å². The van der Waals surface area contributed by atoms with E-state index in [-0.39, 0.29) is 0 Å². The van der Waals surface area contributed by atoms with Gasteiger partial charge in [0.25, 0.3) is 0 Å². The van der Waals surface area contributed by atoms with Gasteiger partial charge in [0.1, 0.15) is 0 Å². The van der Waals surface area contributed by atoms with E-state index < -0.39 is 0 Å². The zero-order chi connectivity index (χ0) is 8.13. The van der Waals surface area contributed by atoms with Gasteiger partial charge >= 0.3 is 0 Å². The maximum Gasteiger partial charge on any atom is 0.245 e. The van der Waals surface area contributed by atoms with Gasteiger partial charge in [0.05, 0.1) is 5.69 Å². The van der Waals surface area contributed by atoms with Crippen molar-refractivity contribution in [3.05, 3.63) is 12.1 Å². The van der Waals surface area contributed by atoms with Crippen molar-refractivity contribution >= 4 is 11.2 Å². The number of hydrogen-bond acceptors (Lipinski definition) is 3. The summed E-state index contributed by atoms with van der Waals surface area (Å²) in [5.41, 5.74) is 2.85. The lowest BCUT2D eigenvalue weighted by molar-refractivity contribution is 0.555. The smallest absolute Gasteiger partial charge is 0.245 e. The topological polar surface area (TPSA) is 43.9 Å². The number of fused-ring (bicyclic) bond motifs is 1. The molecule has 3 rings (SSSR count). The van der Waals surface area contributed by atoms with Crippen LogP contribution < -0.4 is 0 Å². The van der Waals surface area contributed by atoms with Gasteiger partial charge in [-0.15, -0.1) is 0 Å². The number of aromatic nitrogens is 3. The highest BCUT2D eigenvalue weighted by Gasteiger charge is 2.30. The average Bonchev–Trinajstić information content (AvgIpc) is 2.68. The van der Waals surface area contributed by atoms with Gasteiger partial charge in [0.2, 0.25) is 5.71 Å². The quantitative estimate of drug-likeness (QED) is 0.638. The van der Waals surface area contributed by atoms with Gasteiger partial charge in [-0.25, -0.2) is 9.67 Å². The van der Waals surface area contributed by atoms with Crippen LogP contribution in [0, 0.1) is 0 Å². The fourth-order valence-electron chi connectivity index (χ4n) is 1.53. The van der Waals surface area contributed by atoms with Crippen LogP contribution in [-0.4, -0.2) is 14.8 Å². The fourth-order valence-corrected chi connectivity index (χ4v) is 1.53. The predicted molar refractivity (Wildman–Crippen MR) is 42.8 cm³/mol. The predicted octanol–water partition coefficient (Wildman–Crippen LogP) is 1.44. The first-order valence-electron chi connectivity index (χ1n) is 4.12. The molecule has 0 aliphatic heterocycles. The lowest BCUT2D eigenvalue weighted by atomic mass is 10.3. The Kier molecular flexibility index (Phi) is 0.977. The lowest BCUT2D eigenvalue weighted by Gasteiger charge is -1.86. The first-order chi connectivity index (χ1) is 5.86. The van der Waals surface area contributed by atoms with Gasteiger partial charge in [-0.3, -0.25) is 0 Å². The molecular weight excluding hydrogens is 154 g/mol. The van der Waals surface area contributed by atoms with Crippen LogP contribution in [0.4, 0.5) is 0 Å². The molecule has 4 heteroatoms. The third-order valence-electron chi connectivity index (χ3n) is 2.31. The molecule has 62 valence electrons. The summed E-state index contributed by atoms with van der Waals surface area (Å²) >= 11 is 0. The summed E-state index contributed by atoms with van der Waals surface area (Å²) in [6.07, 6.45) is 3.98. The van der Waals surface area contributed by atoms with E-state index in [1.54, 1.807) is 4.68 Å². The molecule has 0 radical (unpaired) electrons. The van der Waals surface area contributed by atoms with Gasteiger partial charge in [-0.1, -0.05) is 0 Å². The fraction of sp³-hybridized carbons (Fsp3) is 0.500. The van der Waals surface area contributed by atoms with Crippen molar-refractivity contribution in [1.82, 2.24) is 14.8 Å². The lowest BCUT2D eigenvalue weighted by Crippen LogP contribution is -1.90. The maximum absolute atomic E-state index is 5.20. The number of hydrogen-bond donors (Lipinski definition) is 0. The highest BCUT2D eigenvalue weighted by atomic mass is 16.3. The van der Waals surface area contributed by atoms with Crippen molar-refractivity contribution in [2.75, 3.05) is 0 Å². The molecule has 1 aliphatic carbocycles. The third-order valence-corrected chi connectivity index (χ3v) is 2.31. The number of rotatable bonds is 1. The summed E-state index contributed by atoms with van der Waals surface area (Å²) in [6.45, 7) is 0. The zero-order valence-corrected chi connectivity index (χ0v) is 6.82. The molecule has 1 fully saturated rings. The van der Waals surface area contributed by atoms with Crippen LogP contribution in [-0.2, 0) is 7.05 Å². The van der Waals surface area contributed by atoms with E-state index in [9.17, 15) is 0 Å². The van der Waals surface area contributed by atoms with Crippen molar-refractivity contribution in [3.63, 3.8) is 0 Å². The molecule has 0 unspecified atom stereocenters. The number of aryl methyl sites for hydroxylation is 1. The molecule has 2 heterocycles. The minimum absolute atomic E-state index is 0.638. The highest BCUT2D eigenvalue weighted by Crippen LogP contribution is 2.41. The second kappa shape index (κ2) is 1.88. The minimum Gasteiger partial charge on any atom is -0.425 e. The molecule has 0 spiro atoms. The summed E-state index contributed by atoms with van der Waals surface area (Å²) in [4.78, 5) is 4.15. The van der Waals surface area contributed by atoms with Gasteiger partial charge in [-0.05, 0) is 12.8 Å². The molecule has 1 saturated carbocycles. The minimum atomic E-state index is 0.638. The normalized spacial score (nSPS) is 17.4. The number of nitrogens with zero attached hydrogens (tertiary/aromatic N) is 3. The third kappa shape index (κ3) is 0.668. The second-order valence-corrected chi connectivity index (χ2v) is 3.29. The SMILES string of the molecule is Cn1nc(C2CC2)c2ncoc21. The molecular formula is C8H9N3O. The Morgan fingerprint density at radius 2 is 2.42 bits per heavy atom. The van der Waals surface area contributed by atoms with Crippen molar-refractivity contribution in [2.45, 2.75) is 18.8 Å². The van der Waals surface area contributed by atoms with Crippen molar-refractivity contribution in [2.24, 2.45) is 7.05 Å². The van der Waals surface area contributed by atoms with E-state index in [0.717, 1.165) is 16.9 Å². The van der Waals surface area contributed by atoms with Crippen LogP contribution in [0.1, 0.15) is 24.5 Å². The molecule has 0 N–H and O–H groups in total. The summed E-state index contributed by atoms with van der Waals surface area (Å²) < 4.78 is 6.96. The Hall–Kier alpha value is -1.32. The van der Waals surface area contributed by atoms with Crippen molar-refractivity contribution in [1.29, 1.82) is 0 Å². The van der Waals surface area contributed by atoms with E-state index >= 15 is 0 Å². The molecule has 0 bridgehead atoms. The van der Waals surface area contributed by atoms with Gasteiger partial charge in [0, 0.05) is 13.0 Å². The van der Waals surface area contributed by atoms with E-state index in [1.165, 1.54) is 19.2 Å². The van der Waals surface area contributed by atoms with Crippen LogP contribution >= 0.6 is 0 Å². The standard InChI is InChI=1S/C8H9N3O/c1-11-8-7(9-4-12-8)6(10-11)5-2-3-5/h4-5H,2-3H2,1H3. The molecule has 4 nitrogen and oxygen atoms in total. The molecule has 12 heavy (non-hydrogen) atoms. The van der Waals surface area contributed by atoms with Gasteiger partial charge < -0.3 is 4.42 Å². The maximum atomic E-state index is 5.20. The van der Waals surface area contributed by atoms with Gasteiger partial charge in [0.15, 0.2) is 11.9 Å². The Morgan fingerprint density at radius 3 is 3.17 bits per heavy atom. The second-order valence-electron chi connectivity index (χ2n) is 3.29. The van der Waals surface area contributed by atoms with E-state index in [2.05, 4.69) is 10.1 Å². The van der Waals surface area contributed by atoms with E-state index in [1.807, 2.05) is 7.05 Å². The van der Waals surface area contributed by atoms with Gasteiger partial charge in [-0.2, -0.15) is 5.10 Å². The first-order valence-corrected chi connectivity index (χ1v) is 4.12.